The summed E-state index contributed by atoms with van der Waals surface area (Å²) in [7, 11) is 0. The number of ether oxygens (including phenoxy) is 1. The van der Waals surface area contributed by atoms with E-state index >= 15 is 0 Å². The molecule has 0 saturated heterocycles. The summed E-state index contributed by atoms with van der Waals surface area (Å²) in [4.78, 5) is 38.3. The third-order valence-corrected chi connectivity index (χ3v) is 6.62. The van der Waals surface area contributed by atoms with Crippen molar-refractivity contribution in [2.45, 2.75) is 33.6 Å². The summed E-state index contributed by atoms with van der Waals surface area (Å²) in [6, 6.07) is 11.6. The fourth-order valence-corrected chi connectivity index (χ4v) is 5.03. The van der Waals surface area contributed by atoms with Gasteiger partial charge in [0.25, 0.3) is 0 Å². The Hall–Kier alpha value is -3.64. The zero-order chi connectivity index (χ0) is 25.7. The van der Waals surface area contributed by atoms with E-state index in [1.165, 1.54) is 18.2 Å². The highest BCUT2D eigenvalue weighted by Crippen LogP contribution is 2.41. The van der Waals surface area contributed by atoms with Gasteiger partial charge in [-0.15, -0.1) is 0 Å². The molecule has 0 bridgehead atoms. The molecular weight excluding hydrogens is 469 g/mol. The van der Waals surface area contributed by atoms with Crippen molar-refractivity contribution in [2.24, 2.45) is 5.92 Å². The van der Waals surface area contributed by atoms with Crippen molar-refractivity contribution in [3.63, 3.8) is 0 Å². The van der Waals surface area contributed by atoms with E-state index in [2.05, 4.69) is 10.6 Å². The first kappa shape index (κ1) is 26.0. The van der Waals surface area contributed by atoms with Gasteiger partial charge in [-0.05, 0) is 50.5 Å². The first-order valence-electron chi connectivity index (χ1n) is 11.0. The highest BCUT2D eigenvalue weighted by Gasteiger charge is 2.45. The molecule has 1 heterocycles. The molecule has 2 N–H and O–H groups in total. The zero-order valence-corrected chi connectivity index (χ0v) is 20.7. The van der Waals surface area contributed by atoms with Gasteiger partial charge in [-0.1, -0.05) is 47.7 Å². The van der Waals surface area contributed by atoms with Crippen molar-refractivity contribution in [2.75, 3.05) is 17.7 Å². The maximum atomic E-state index is 14.7. The summed E-state index contributed by atoms with van der Waals surface area (Å²) in [5.41, 5.74) is 3.64. The number of carbonyl (C=O) groups is 3. The van der Waals surface area contributed by atoms with Crippen LogP contribution in [0.2, 0.25) is 0 Å². The maximum absolute atomic E-state index is 14.7. The van der Waals surface area contributed by atoms with Crippen LogP contribution in [-0.4, -0.2) is 30.1 Å². The van der Waals surface area contributed by atoms with E-state index in [-0.39, 0.29) is 34.4 Å². The Kier molecular flexibility index (Phi) is 8.30. The van der Waals surface area contributed by atoms with Crippen LogP contribution in [0.4, 0.5) is 10.1 Å². The average molecular weight is 496 g/mol. The molecule has 0 fully saturated rings. The van der Waals surface area contributed by atoms with E-state index in [1.54, 1.807) is 13.0 Å². The molecule has 2 aromatic carbocycles. The van der Waals surface area contributed by atoms with Crippen molar-refractivity contribution < 1.29 is 23.5 Å². The van der Waals surface area contributed by atoms with Gasteiger partial charge >= 0.3 is 5.97 Å². The number of hydrogen-bond donors (Lipinski definition) is 2. The predicted molar refractivity (Wildman–Crippen MR) is 132 cm³/mol. The molecule has 35 heavy (non-hydrogen) atoms. The topological polar surface area (TPSA) is 108 Å². The number of halogens is 1. The molecule has 2 atom stereocenters. The van der Waals surface area contributed by atoms with Crippen LogP contribution in [0.1, 0.15) is 35.1 Å². The number of hydrogen-bond acceptors (Lipinski definition) is 6. The van der Waals surface area contributed by atoms with E-state index in [1.807, 2.05) is 39.0 Å². The van der Waals surface area contributed by atoms with Gasteiger partial charge in [-0.3, -0.25) is 14.4 Å². The van der Waals surface area contributed by atoms with Gasteiger partial charge in [0, 0.05) is 11.6 Å². The maximum Gasteiger partial charge on any atom is 0.319 e. The van der Waals surface area contributed by atoms with Gasteiger partial charge in [-0.2, -0.15) is 5.26 Å². The third-order valence-electron chi connectivity index (χ3n) is 5.60. The first-order valence-corrected chi connectivity index (χ1v) is 12.0. The number of anilines is 1. The van der Waals surface area contributed by atoms with Gasteiger partial charge in [0.2, 0.25) is 11.8 Å². The van der Waals surface area contributed by atoms with Crippen LogP contribution in [0.15, 0.2) is 47.0 Å². The Morgan fingerprint density at radius 1 is 1.20 bits per heavy atom. The highest BCUT2D eigenvalue weighted by atomic mass is 32.2. The van der Waals surface area contributed by atoms with E-state index in [4.69, 9.17) is 4.74 Å². The van der Waals surface area contributed by atoms with Crippen LogP contribution in [-0.2, 0) is 19.1 Å². The lowest BCUT2D eigenvalue weighted by molar-refractivity contribution is -0.152. The quantitative estimate of drug-likeness (QED) is 0.439. The normalized spacial score (nSPS) is 17.4. The molecule has 0 radical (unpaired) electrons. The molecule has 0 spiro atoms. The van der Waals surface area contributed by atoms with Crippen molar-refractivity contribution in [1.82, 2.24) is 5.32 Å². The Morgan fingerprint density at radius 2 is 1.86 bits per heavy atom. The Balaban J connectivity index is 1.92. The molecule has 9 heteroatoms. The van der Waals surface area contributed by atoms with Crippen molar-refractivity contribution in [1.29, 1.82) is 5.26 Å². The van der Waals surface area contributed by atoms with Gasteiger partial charge in [0.15, 0.2) is 0 Å². The first-order chi connectivity index (χ1) is 16.7. The smallest absolute Gasteiger partial charge is 0.319 e. The van der Waals surface area contributed by atoms with Crippen LogP contribution >= 0.6 is 11.8 Å². The van der Waals surface area contributed by atoms with Crippen molar-refractivity contribution in [3.05, 3.63) is 75.1 Å². The van der Waals surface area contributed by atoms with E-state index in [0.717, 1.165) is 28.5 Å². The Labute approximate surface area is 207 Å². The molecule has 2 amide bonds. The highest BCUT2D eigenvalue weighted by molar-refractivity contribution is 8.03. The number of benzene rings is 2. The fourth-order valence-electron chi connectivity index (χ4n) is 4.18. The molecule has 1 aliphatic rings. The van der Waals surface area contributed by atoms with Crippen LogP contribution in [0.25, 0.3) is 0 Å². The number of rotatable bonds is 7. The number of nitriles is 1. The van der Waals surface area contributed by atoms with Gasteiger partial charge in [-0.25, -0.2) is 4.39 Å². The summed E-state index contributed by atoms with van der Waals surface area (Å²) in [5.74, 6) is -5.27. The van der Waals surface area contributed by atoms with Crippen LogP contribution in [0.5, 0.6) is 0 Å². The number of allylic oxidation sites excluding steroid dienone is 1. The van der Waals surface area contributed by atoms with E-state index in [0.29, 0.717) is 5.69 Å². The molecule has 0 saturated carbocycles. The molecule has 1 aliphatic heterocycles. The second-order valence-corrected chi connectivity index (χ2v) is 9.17. The molecule has 2 aromatic rings. The number of thioether (sulfide) groups is 1. The lowest BCUT2D eigenvalue weighted by Gasteiger charge is -2.31. The van der Waals surface area contributed by atoms with Crippen molar-refractivity contribution in [3.8, 4) is 6.07 Å². The molecule has 7 nitrogen and oxygen atoms in total. The van der Waals surface area contributed by atoms with E-state index < -0.39 is 29.5 Å². The molecular formula is C26H26FN3O4S. The standard InChI is InChI=1S/C26H26FN3O4S/c1-5-34-26(33)22-21(17-8-6-7-9-19(17)27)18(12-28)25(30-24(22)32)35-13-20(31)29-23-15(3)10-14(2)11-16(23)4/h6-11,21-22H,5,13H2,1-4H3,(H,29,31)(H,30,32)/t21-,22+/m0/s1. The molecule has 3 rings (SSSR count). The van der Waals surface area contributed by atoms with Crippen LogP contribution in [0.3, 0.4) is 0 Å². The average Bonchev–Trinajstić information content (AvgIpc) is 2.80. The molecule has 0 aromatic heterocycles. The number of nitrogens with one attached hydrogen (secondary N) is 2. The largest absolute Gasteiger partial charge is 0.465 e. The number of carbonyl (C=O) groups excluding carboxylic acids is 3. The predicted octanol–water partition coefficient (Wildman–Crippen LogP) is 4.25. The van der Waals surface area contributed by atoms with Gasteiger partial charge in [0.1, 0.15) is 11.7 Å². The lowest BCUT2D eigenvalue weighted by Crippen LogP contribution is -2.44. The van der Waals surface area contributed by atoms with Gasteiger partial charge < -0.3 is 15.4 Å². The Morgan fingerprint density at radius 3 is 2.46 bits per heavy atom. The molecule has 182 valence electrons. The van der Waals surface area contributed by atoms with E-state index in [9.17, 15) is 24.0 Å². The summed E-state index contributed by atoms with van der Waals surface area (Å²) < 4.78 is 19.8. The minimum absolute atomic E-state index is 0.00625. The fraction of sp³-hybridized carbons (Fsp3) is 0.308. The summed E-state index contributed by atoms with van der Waals surface area (Å²) in [6.07, 6.45) is 0. The molecule has 0 aliphatic carbocycles. The second kappa shape index (κ2) is 11.2. The Bertz CT molecular complexity index is 1230. The third kappa shape index (κ3) is 5.72. The SMILES string of the molecule is CCOC(=O)[C@H]1C(=O)NC(SCC(=O)Nc2c(C)cc(C)cc2C)=C(C#N)[C@@H]1c1ccccc1F. The second-order valence-electron chi connectivity index (χ2n) is 8.18. The van der Waals surface area contributed by atoms with Crippen molar-refractivity contribution >= 4 is 35.2 Å². The summed E-state index contributed by atoms with van der Waals surface area (Å²) in [5, 5.41) is 15.5. The molecule has 0 unspecified atom stereocenters. The number of aryl methyl sites for hydroxylation is 3. The monoisotopic (exact) mass is 495 g/mol. The zero-order valence-electron chi connectivity index (χ0n) is 19.9. The number of amides is 2. The number of esters is 1. The lowest BCUT2D eigenvalue weighted by atomic mass is 9.78. The van der Waals surface area contributed by atoms with Crippen LogP contribution < -0.4 is 10.6 Å². The summed E-state index contributed by atoms with van der Waals surface area (Å²) >= 11 is 0.946. The summed E-state index contributed by atoms with van der Waals surface area (Å²) in [6.45, 7) is 7.38. The van der Waals surface area contributed by atoms with Crippen LogP contribution in [0, 0.1) is 43.8 Å². The van der Waals surface area contributed by atoms with Gasteiger partial charge in [0.05, 0.1) is 29.0 Å². The minimum atomic E-state index is -1.43. The minimum Gasteiger partial charge on any atom is -0.465 e. The number of nitrogens with zero attached hydrogens (tertiary/aromatic N) is 1.